The number of hydrogen-bond acceptors (Lipinski definition) is 3. The highest BCUT2D eigenvalue weighted by molar-refractivity contribution is 5.04. The van der Waals surface area contributed by atoms with Gasteiger partial charge in [-0.05, 0) is 26.1 Å². The van der Waals surface area contributed by atoms with E-state index < -0.39 is 0 Å². The number of methoxy groups -OCH3 is 1. The molecule has 1 rings (SSSR count). The van der Waals surface area contributed by atoms with Gasteiger partial charge in [0.15, 0.2) is 0 Å². The van der Waals surface area contributed by atoms with Gasteiger partial charge in [-0.25, -0.2) is 0 Å². The third-order valence-electron chi connectivity index (χ3n) is 2.13. The fraction of sp³-hybridized carbons (Fsp3) is 0.667. The van der Waals surface area contributed by atoms with E-state index in [9.17, 15) is 0 Å². The van der Waals surface area contributed by atoms with Crippen LogP contribution in [0.4, 0.5) is 0 Å². The summed E-state index contributed by atoms with van der Waals surface area (Å²) in [6, 6.07) is 1.99. The summed E-state index contributed by atoms with van der Waals surface area (Å²) in [6.07, 6.45) is 2.90. The highest BCUT2D eigenvalue weighted by Gasteiger charge is 2.12. The molecule has 1 aromatic rings. The summed E-state index contributed by atoms with van der Waals surface area (Å²) in [5, 5.41) is 7.21. The third-order valence-corrected chi connectivity index (χ3v) is 2.13. The fourth-order valence-corrected chi connectivity index (χ4v) is 1.36. The van der Waals surface area contributed by atoms with Gasteiger partial charge in [-0.3, -0.25) is 4.68 Å². The van der Waals surface area contributed by atoms with Crippen LogP contribution in [0.1, 0.15) is 18.2 Å². The number of ether oxygens (including phenoxy) is 1. The van der Waals surface area contributed by atoms with Gasteiger partial charge in [0.2, 0.25) is 0 Å². The van der Waals surface area contributed by atoms with E-state index in [1.165, 1.54) is 0 Å². The minimum Gasteiger partial charge on any atom is -0.375 e. The number of nitrogens with zero attached hydrogens (tertiary/aromatic N) is 2. The fourth-order valence-electron chi connectivity index (χ4n) is 1.36. The summed E-state index contributed by atoms with van der Waals surface area (Å²) in [7, 11) is 5.60. The summed E-state index contributed by atoms with van der Waals surface area (Å²) < 4.78 is 7.23. The molecular weight excluding hydrogens is 166 g/mol. The van der Waals surface area contributed by atoms with Crippen LogP contribution in [0.5, 0.6) is 0 Å². The molecule has 1 atom stereocenters. The Kier molecular flexibility index (Phi) is 3.92. The molecule has 1 N–H and O–H groups in total. The monoisotopic (exact) mass is 183 g/mol. The van der Waals surface area contributed by atoms with Crippen LogP contribution in [-0.2, 0) is 11.8 Å². The van der Waals surface area contributed by atoms with Gasteiger partial charge in [-0.15, -0.1) is 0 Å². The topological polar surface area (TPSA) is 39.1 Å². The Morgan fingerprint density at radius 1 is 1.69 bits per heavy atom. The second-order valence-corrected chi connectivity index (χ2v) is 3.00. The van der Waals surface area contributed by atoms with Crippen LogP contribution in [0.25, 0.3) is 0 Å². The van der Waals surface area contributed by atoms with Crippen LogP contribution in [0.2, 0.25) is 0 Å². The molecule has 0 aliphatic heterocycles. The number of rotatable bonds is 5. The predicted molar refractivity (Wildman–Crippen MR) is 51.5 cm³/mol. The molecule has 0 aliphatic rings. The standard InChI is InChI=1S/C9H17N3O/c1-10-6-5-9(13-3)8-4-7-11-12(8)2/h4,7,9-10H,5-6H2,1-3H3. The van der Waals surface area contributed by atoms with E-state index in [0.29, 0.717) is 0 Å². The SMILES string of the molecule is CNCCC(OC)c1ccnn1C. The van der Waals surface area contributed by atoms with Crippen LogP contribution >= 0.6 is 0 Å². The Balaban J connectivity index is 2.61. The smallest absolute Gasteiger partial charge is 0.0999 e. The summed E-state index contributed by atoms with van der Waals surface area (Å²) in [5.41, 5.74) is 1.12. The highest BCUT2D eigenvalue weighted by Crippen LogP contribution is 2.18. The van der Waals surface area contributed by atoms with Crippen molar-refractivity contribution in [1.82, 2.24) is 15.1 Å². The van der Waals surface area contributed by atoms with Gasteiger partial charge >= 0.3 is 0 Å². The van der Waals surface area contributed by atoms with Crippen LogP contribution in [0.15, 0.2) is 12.3 Å². The first-order chi connectivity index (χ1) is 6.29. The molecule has 4 nitrogen and oxygen atoms in total. The maximum Gasteiger partial charge on any atom is 0.0999 e. The predicted octanol–water partition coefficient (Wildman–Crippen LogP) is 0.717. The van der Waals surface area contributed by atoms with E-state index in [-0.39, 0.29) is 6.10 Å². The van der Waals surface area contributed by atoms with Gasteiger partial charge in [0.1, 0.15) is 0 Å². The highest BCUT2D eigenvalue weighted by atomic mass is 16.5. The zero-order valence-corrected chi connectivity index (χ0v) is 8.45. The summed E-state index contributed by atoms with van der Waals surface area (Å²) >= 11 is 0. The normalized spacial score (nSPS) is 13.2. The van der Waals surface area contributed by atoms with Gasteiger partial charge in [0, 0.05) is 20.4 Å². The Hall–Kier alpha value is -0.870. The number of aryl methyl sites for hydroxylation is 1. The van der Waals surface area contributed by atoms with Crippen LogP contribution in [0.3, 0.4) is 0 Å². The zero-order valence-electron chi connectivity index (χ0n) is 8.45. The van der Waals surface area contributed by atoms with Gasteiger partial charge < -0.3 is 10.1 Å². The molecule has 0 bridgehead atoms. The molecule has 0 radical (unpaired) electrons. The average molecular weight is 183 g/mol. The Bertz CT molecular complexity index is 247. The second-order valence-electron chi connectivity index (χ2n) is 3.00. The van der Waals surface area contributed by atoms with Crippen molar-refractivity contribution in [3.63, 3.8) is 0 Å². The Morgan fingerprint density at radius 2 is 2.46 bits per heavy atom. The van der Waals surface area contributed by atoms with Crippen molar-refractivity contribution in [2.45, 2.75) is 12.5 Å². The lowest BCUT2D eigenvalue weighted by Gasteiger charge is -2.14. The van der Waals surface area contributed by atoms with Crippen molar-refractivity contribution in [3.8, 4) is 0 Å². The number of nitrogens with one attached hydrogen (secondary N) is 1. The van der Waals surface area contributed by atoms with Crippen molar-refractivity contribution >= 4 is 0 Å². The van der Waals surface area contributed by atoms with Crippen molar-refractivity contribution in [3.05, 3.63) is 18.0 Å². The molecule has 13 heavy (non-hydrogen) atoms. The molecule has 0 aliphatic carbocycles. The molecule has 0 aromatic carbocycles. The average Bonchev–Trinajstić information content (AvgIpc) is 2.54. The minimum absolute atomic E-state index is 0.139. The van der Waals surface area contributed by atoms with E-state index in [0.717, 1.165) is 18.7 Å². The van der Waals surface area contributed by atoms with Gasteiger partial charge in [-0.2, -0.15) is 5.10 Å². The molecule has 0 saturated carbocycles. The first-order valence-electron chi connectivity index (χ1n) is 4.45. The largest absolute Gasteiger partial charge is 0.375 e. The van der Waals surface area contributed by atoms with Crippen LogP contribution < -0.4 is 5.32 Å². The molecule has 0 fully saturated rings. The molecule has 1 aromatic heterocycles. The lowest BCUT2D eigenvalue weighted by molar-refractivity contribution is 0.0893. The molecule has 1 heterocycles. The van der Waals surface area contributed by atoms with Crippen LogP contribution in [-0.4, -0.2) is 30.5 Å². The number of hydrogen-bond donors (Lipinski definition) is 1. The molecule has 74 valence electrons. The Labute approximate surface area is 78.9 Å². The van der Waals surface area contributed by atoms with Crippen molar-refractivity contribution < 1.29 is 4.74 Å². The summed E-state index contributed by atoms with van der Waals surface area (Å²) in [6.45, 7) is 0.948. The third kappa shape index (κ3) is 2.54. The first kappa shape index (κ1) is 10.2. The lowest BCUT2D eigenvalue weighted by atomic mass is 10.2. The molecule has 0 amide bonds. The molecular formula is C9H17N3O. The Morgan fingerprint density at radius 3 is 2.92 bits per heavy atom. The second kappa shape index (κ2) is 4.99. The van der Waals surface area contributed by atoms with Crippen molar-refractivity contribution in [1.29, 1.82) is 0 Å². The molecule has 1 unspecified atom stereocenters. The quantitative estimate of drug-likeness (QED) is 0.731. The summed E-state index contributed by atoms with van der Waals surface area (Å²) in [5.74, 6) is 0. The minimum atomic E-state index is 0.139. The molecule has 0 spiro atoms. The summed E-state index contributed by atoms with van der Waals surface area (Å²) in [4.78, 5) is 0. The lowest BCUT2D eigenvalue weighted by Crippen LogP contribution is -2.15. The molecule has 4 heteroatoms. The zero-order chi connectivity index (χ0) is 9.68. The first-order valence-corrected chi connectivity index (χ1v) is 4.45. The van der Waals surface area contributed by atoms with Crippen molar-refractivity contribution in [2.24, 2.45) is 7.05 Å². The number of aromatic nitrogens is 2. The van der Waals surface area contributed by atoms with Crippen molar-refractivity contribution in [2.75, 3.05) is 20.7 Å². The maximum atomic E-state index is 5.38. The maximum absolute atomic E-state index is 5.38. The molecule has 0 saturated heterocycles. The van der Waals surface area contributed by atoms with Crippen LogP contribution in [0, 0.1) is 0 Å². The van der Waals surface area contributed by atoms with Gasteiger partial charge in [-0.1, -0.05) is 0 Å². The van der Waals surface area contributed by atoms with E-state index in [2.05, 4.69) is 10.4 Å². The van der Waals surface area contributed by atoms with E-state index in [1.807, 2.05) is 24.8 Å². The van der Waals surface area contributed by atoms with E-state index in [1.54, 1.807) is 13.3 Å². The van der Waals surface area contributed by atoms with Gasteiger partial charge in [0.25, 0.3) is 0 Å². The van der Waals surface area contributed by atoms with E-state index >= 15 is 0 Å². The van der Waals surface area contributed by atoms with E-state index in [4.69, 9.17) is 4.74 Å². The van der Waals surface area contributed by atoms with Gasteiger partial charge in [0.05, 0.1) is 11.8 Å².